The lowest BCUT2D eigenvalue weighted by molar-refractivity contribution is 0.250. The Hall–Kier alpha value is -2.80. The van der Waals surface area contributed by atoms with Gasteiger partial charge in [0.25, 0.3) is 0 Å². The maximum absolute atomic E-state index is 5.87. The van der Waals surface area contributed by atoms with Gasteiger partial charge in [0.1, 0.15) is 0 Å². The van der Waals surface area contributed by atoms with Gasteiger partial charge in [-0.2, -0.15) is 9.97 Å². The zero-order valence-electron chi connectivity index (χ0n) is 14.1. The first-order chi connectivity index (χ1) is 11.4. The van der Waals surface area contributed by atoms with E-state index in [2.05, 4.69) is 70.0 Å². The van der Waals surface area contributed by atoms with Crippen LogP contribution >= 0.6 is 0 Å². The van der Waals surface area contributed by atoms with Crippen LogP contribution in [0, 0.1) is 6.92 Å². The van der Waals surface area contributed by atoms with E-state index in [0.717, 1.165) is 5.69 Å². The summed E-state index contributed by atoms with van der Waals surface area (Å²) in [6, 6.07) is 8.80. The van der Waals surface area contributed by atoms with Crippen molar-refractivity contribution in [3.8, 4) is 0 Å². The molecule has 2 heterocycles. The van der Waals surface area contributed by atoms with E-state index < -0.39 is 0 Å². The Kier molecular flexibility index (Phi) is 4.26. The highest BCUT2D eigenvalue weighted by molar-refractivity contribution is 5.81. The van der Waals surface area contributed by atoms with Crippen molar-refractivity contribution in [2.75, 3.05) is 18.5 Å². The first-order valence-electron chi connectivity index (χ1n) is 7.75. The summed E-state index contributed by atoms with van der Waals surface area (Å²) in [6.45, 7) is 4.89. The summed E-state index contributed by atoms with van der Waals surface area (Å²) in [4.78, 5) is 19.0. The second-order valence-corrected chi connectivity index (χ2v) is 6.00. The number of rotatable bonds is 4. The Morgan fingerprint density at radius 2 is 1.79 bits per heavy atom. The van der Waals surface area contributed by atoms with E-state index >= 15 is 0 Å². The van der Waals surface area contributed by atoms with Crippen LogP contribution < -0.4 is 11.5 Å². The van der Waals surface area contributed by atoms with E-state index in [1.54, 1.807) is 6.20 Å². The molecule has 4 N–H and O–H groups in total. The maximum Gasteiger partial charge on any atom is 0.224 e. The third kappa shape index (κ3) is 3.26. The van der Waals surface area contributed by atoms with Gasteiger partial charge >= 0.3 is 0 Å². The lowest BCUT2D eigenvalue weighted by atomic mass is 10.1. The monoisotopic (exact) mass is 323 g/mol. The standard InChI is InChI=1S/C17H21N7/c1-10-4-6-12(7-5-10)11(2)24(3)9-13-8-20-16-14(21-13)15(18)22-17(19)23-16/h4-8,11H,9H2,1-3H3,(H4,18,19,20,22,23). The average Bonchev–Trinajstić information content (AvgIpc) is 2.55. The van der Waals surface area contributed by atoms with Crippen LogP contribution in [0.25, 0.3) is 11.2 Å². The highest BCUT2D eigenvalue weighted by atomic mass is 15.1. The number of fused-ring (bicyclic) bond motifs is 1. The van der Waals surface area contributed by atoms with Gasteiger partial charge in [0, 0.05) is 12.6 Å². The summed E-state index contributed by atoms with van der Waals surface area (Å²) in [7, 11) is 2.05. The lowest BCUT2D eigenvalue weighted by Gasteiger charge is -2.24. The Morgan fingerprint density at radius 1 is 1.08 bits per heavy atom. The van der Waals surface area contributed by atoms with Crippen molar-refractivity contribution < 1.29 is 0 Å². The zero-order valence-corrected chi connectivity index (χ0v) is 14.1. The van der Waals surface area contributed by atoms with Crippen molar-refractivity contribution in [3.05, 3.63) is 47.3 Å². The van der Waals surface area contributed by atoms with Crippen LogP contribution in [0.4, 0.5) is 11.8 Å². The second-order valence-electron chi connectivity index (χ2n) is 6.00. The summed E-state index contributed by atoms with van der Waals surface area (Å²) >= 11 is 0. The summed E-state index contributed by atoms with van der Waals surface area (Å²) < 4.78 is 0. The SMILES string of the molecule is Cc1ccc(C(C)N(C)Cc2cnc3nc(N)nc(N)c3n2)cc1. The van der Waals surface area contributed by atoms with Crippen molar-refractivity contribution in [1.29, 1.82) is 0 Å². The van der Waals surface area contributed by atoms with Crippen LogP contribution in [0.15, 0.2) is 30.5 Å². The minimum Gasteiger partial charge on any atom is -0.382 e. The van der Waals surface area contributed by atoms with Gasteiger partial charge in [-0.3, -0.25) is 4.90 Å². The van der Waals surface area contributed by atoms with Gasteiger partial charge in [-0.15, -0.1) is 0 Å². The van der Waals surface area contributed by atoms with Crippen LogP contribution in [0.5, 0.6) is 0 Å². The molecule has 0 aliphatic heterocycles. The van der Waals surface area contributed by atoms with Crippen LogP contribution in [0.3, 0.4) is 0 Å². The third-order valence-corrected chi connectivity index (χ3v) is 4.13. The van der Waals surface area contributed by atoms with E-state index in [4.69, 9.17) is 11.5 Å². The maximum atomic E-state index is 5.87. The third-order valence-electron chi connectivity index (χ3n) is 4.13. The van der Waals surface area contributed by atoms with Gasteiger partial charge in [0.2, 0.25) is 5.95 Å². The van der Waals surface area contributed by atoms with Gasteiger partial charge < -0.3 is 11.5 Å². The molecule has 2 aromatic heterocycles. The van der Waals surface area contributed by atoms with Gasteiger partial charge in [0.15, 0.2) is 17.0 Å². The largest absolute Gasteiger partial charge is 0.382 e. The first-order valence-corrected chi connectivity index (χ1v) is 7.75. The molecule has 124 valence electrons. The van der Waals surface area contributed by atoms with E-state index in [0.29, 0.717) is 17.7 Å². The Balaban J connectivity index is 1.82. The van der Waals surface area contributed by atoms with Crippen molar-refractivity contribution in [2.24, 2.45) is 0 Å². The number of nitrogens with zero attached hydrogens (tertiary/aromatic N) is 5. The van der Waals surface area contributed by atoms with Crippen LogP contribution in [-0.2, 0) is 6.54 Å². The number of nitrogens with two attached hydrogens (primary N) is 2. The quantitative estimate of drug-likeness (QED) is 0.757. The Morgan fingerprint density at radius 3 is 2.50 bits per heavy atom. The topological polar surface area (TPSA) is 107 Å². The highest BCUT2D eigenvalue weighted by Gasteiger charge is 2.14. The molecule has 3 rings (SSSR count). The molecule has 1 atom stereocenters. The fraction of sp³-hybridized carbons (Fsp3) is 0.294. The number of hydrogen-bond acceptors (Lipinski definition) is 7. The summed E-state index contributed by atoms with van der Waals surface area (Å²) in [5, 5.41) is 0. The van der Waals surface area contributed by atoms with Crippen molar-refractivity contribution in [2.45, 2.75) is 26.4 Å². The smallest absolute Gasteiger partial charge is 0.224 e. The first kappa shape index (κ1) is 16.1. The Bertz CT molecular complexity index is 861. The number of hydrogen-bond donors (Lipinski definition) is 2. The predicted octanol–water partition coefficient (Wildman–Crippen LogP) is 2.09. The normalized spacial score (nSPS) is 12.7. The predicted molar refractivity (Wildman–Crippen MR) is 95.0 cm³/mol. The summed E-state index contributed by atoms with van der Waals surface area (Å²) in [6.07, 6.45) is 1.70. The molecule has 1 unspecified atom stereocenters. The van der Waals surface area contributed by atoms with E-state index in [1.807, 2.05) is 0 Å². The molecule has 0 saturated heterocycles. The second kappa shape index (κ2) is 6.37. The molecule has 0 radical (unpaired) electrons. The van der Waals surface area contributed by atoms with E-state index in [1.165, 1.54) is 11.1 Å². The fourth-order valence-corrected chi connectivity index (χ4v) is 2.55. The molecule has 0 spiro atoms. The molecule has 7 heteroatoms. The Labute approximate surface area is 140 Å². The number of anilines is 2. The van der Waals surface area contributed by atoms with Gasteiger partial charge in [-0.1, -0.05) is 29.8 Å². The molecule has 0 fully saturated rings. The fourth-order valence-electron chi connectivity index (χ4n) is 2.55. The molecule has 1 aromatic carbocycles. The number of aryl methyl sites for hydroxylation is 1. The van der Waals surface area contributed by atoms with Crippen LogP contribution in [0.2, 0.25) is 0 Å². The van der Waals surface area contributed by atoms with Crippen LogP contribution in [0.1, 0.15) is 29.8 Å². The summed E-state index contributed by atoms with van der Waals surface area (Å²) in [5.74, 6) is 0.355. The van der Waals surface area contributed by atoms with Gasteiger partial charge in [0.05, 0.1) is 11.9 Å². The molecule has 0 aliphatic rings. The molecule has 7 nitrogen and oxygen atoms in total. The minimum absolute atomic E-state index is 0.104. The lowest BCUT2D eigenvalue weighted by Crippen LogP contribution is -2.22. The molecule has 0 saturated carbocycles. The molecular weight excluding hydrogens is 302 g/mol. The highest BCUT2D eigenvalue weighted by Crippen LogP contribution is 2.21. The number of nitrogen functional groups attached to an aromatic ring is 2. The molecule has 0 bridgehead atoms. The van der Waals surface area contributed by atoms with Gasteiger partial charge in [-0.05, 0) is 26.5 Å². The van der Waals surface area contributed by atoms with E-state index in [9.17, 15) is 0 Å². The van der Waals surface area contributed by atoms with Crippen molar-refractivity contribution in [1.82, 2.24) is 24.8 Å². The van der Waals surface area contributed by atoms with Crippen LogP contribution in [-0.4, -0.2) is 31.9 Å². The molecule has 3 aromatic rings. The zero-order chi connectivity index (χ0) is 17.3. The average molecular weight is 323 g/mol. The molecular formula is C17H21N7. The van der Waals surface area contributed by atoms with Crippen molar-refractivity contribution in [3.63, 3.8) is 0 Å². The van der Waals surface area contributed by atoms with Gasteiger partial charge in [-0.25, -0.2) is 9.97 Å². The van der Waals surface area contributed by atoms with E-state index in [-0.39, 0.29) is 17.8 Å². The minimum atomic E-state index is 0.104. The van der Waals surface area contributed by atoms with Crippen molar-refractivity contribution >= 4 is 22.9 Å². The molecule has 0 aliphatic carbocycles. The molecule has 0 amide bonds. The number of aromatic nitrogens is 4. The molecule has 24 heavy (non-hydrogen) atoms. The summed E-state index contributed by atoms with van der Waals surface area (Å²) in [5.41, 5.74) is 15.7. The number of benzene rings is 1.